The van der Waals surface area contributed by atoms with Gasteiger partial charge in [0, 0.05) is 19.6 Å². The molecule has 1 aliphatic rings. The molecule has 2 rings (SSSR count). The Labute approximate surface area is 134 Å². The first-order valence-corrected chi connectivity index (χ1v) is 7.88. The van der Waals surface area contributed by atoms with E-state index in [9.17, 15) is 18.0 Å². The summed E-state index contributed by atoms with van der Waals surface area (Å²) in [6.07, 6.45) is -1.53. The molecule has 128 valence electrons. The maximum atomic E-state index is 12.9. The second-order valence-corrected chi connectivity index (χ2v) is 5.63. The summed E-state index contributed by atoms with van der Waals surface area (Å²) in [5, 5.41) is 5.56. The molecule has 0 aromatic heterocycles. The number of benzene rings is 1. The second-order valence-electron chi connectivity index (χ2n) is 5.63. The summed E-state index contributed by atoms with van der Waals surface area (Å²) in [4.78, 5) is 13.7. The zero-order valence-electron chi connectivity index (χ0n) is 13.2. The van der Waals surface area contributed by atoms with E-state index < -0.39 is 11.7 Å². The number of hydrogen-bond donors (Lipinski definition) is 2. The number of anilines is 2. The highest BCUT2D eigenvalue weighted by atomic mass is 19.4. The second kappa shape index (κ2) is 7.57. The third-order valence-corrected chi connectivity index (χ3v) is 3.78. The first kappa shape index (κ1) is 17.4. The van der Waals surface area contributed by atoms with Crippen LogP contribution >= 0.6 is 0 Å². The number of hydrogen-bond acceptors (Lipinski definition) is 3. The van der Waals surface area contributed by atoms with Crippen molar-refractivity contribution >= 4 is 17.3 Å². The van der Waals surface area contributed by atoms with E-state index in [-0.39, 0.29) is 12.5 Å². The number of carbonyl (C=O) groups excluding carboxylic acids is 1. The van der Waals surface area contributed by atoms with Crippen LogP contribution in [0.4, 0.5) is 24.5 Å². The minimum atomic E-state index is -4.40. The predicted octanol–water partition coefficient (Wildman–Crippen LogP) is 3.24. The molecule has 0 spiro atoms. The first-order valence-electron chi connectivity index (χ1n) is 7.88. The molecule has 0 bridgehead atoms. The molecular weight excluding hydrogens is 307 g/mol. The van der Waals surface area contributed by atoms with Crippen LogP contribution in [0.5, 0.6) is 0 Å². The standard InChI is InChI=1S/C16H22F3N3O/c1-2-7-20-15(23)11-21-13-10-12(16(17,18)19)5-6-14(13)22-8-3-4-9-22/h5-6,10,21H,2-4,7-9,11H2,1H3,(H,20,23). The van der Waals surface area contributed by atoms with E-state index in [2.05, 4.69) is 10.6 Å². The van der Waals surface area contributed by atoms with Gasteiger partial charge in [-0.25, -0.2) is 0 Å². The molecule has 1 aliphatic heterocycles. The van der Waals surface area contributed by atoms with E-state index in [0.29, 0.717) is 12.2 Å². The van der Waals surface area contributed by atoms with Crippen molar-refractivity contribution in [3.05, 3.63) is 23.8 Å². The van der Waals surface area contributed by atoms with Gasteiger partial charge >= 0.3 is 6.18 Å². The van der Waals surface area contributed by atoms with Crippen LogP contribution in [0.15, 0.2) is 18.2 Å². The predicted molar refractivity (Wildman–Crippen MR) is 84.7 cm³/mol. The Kier molecular flexibility index (Phi) is 5.74. The van der Waals surface area contributed by atoms with Crippen molar-refractivity contribution in [2.75, 3.05) is 36.4 Å². The van der Waals surface area contributed by atoms with E-state index in [0.717, 1.165) is 50.2 Å². The molecular formula is C16H22F3N3O. The summed E-state index contributed by atoms with van der Waals surface area (Å²) in [6.45, 7) is 4.10. The molecule has 1 saturated heterocycles. The van der Waals surface area contributed by atoms with Gasteiger partial charge in [0.05, 0.1) is 23.5 Å². The topological polar surface area (TPSA) is 44.4 Å². The normalized spacial score (nSPS) is 14.9. The molecule has 1 aromatic rings. The summed E-state index contributed by atoms with van der Waals surface area (Å²) >= 11 is 0. The first-order chi connectivity index (χ1) is 10.9. The lowest BCUT2D eigenvalue weighted by Crippen LogP contribution is -2.31. The molecule has 0 unspecified atom stereocenters. The molecule has 23 heavy (non-hydrogen) atoms. The zero-order chi connectivity index (χ0) is 16.9. The van der Waals surface area contributed by atoms with Gasteiger partial charge < -0.3 is 15.5 Å². The van der Waals surface area contributed by atoms with Gasteiger partial charge in [0.15, 0.2) is 0 Å². The maximum absolute atomic E-state index is 12.9. The smallest absolute Gasteiger partial charge is 0.374 e. The number of halogens is 3. The summed E-state index contributed by atoms with van der Waals surface area (Å²) in [5.74, 6) is -0.225. The summed E-state index contributed by atoms with van der Waals surface area (Å²) < 4.78 is 38.8. The van der Waals surface area contributed by atoms with Crippen LogP contribution in [0.2, 0.25) is 0 Å². The molecule has 2 N–H and O–H groups in total. The molecule has 1 heterocycles. The van der Waals surface area contributed by atoms with E-state index in [1.54, 1.807) is 0 Å². The highest BCUT2D eigenvalue weighted by molar-refractivity contribution is 5.83. The Morgan fingerprint density at radius 1 is 1.26 bits per heavy atom. The summed E-state index contributed by atoms with van der Waals surface area (Å²) in [5.41, 5.74) is 0.365. The Morgan fingerprint density at radius 2 is 1.96 bits per heavy atom. The summed E-state index contributed by atoms with van der Waals surface area (Å²) in [7, 11) is 0. The van der Waals surface area contributed by atoms with Crippen molar-refractivity contribution < 1.29 is 18.0 Å². The minimum Gasteiger partial charge on any atom is -0.374 e. The van der Waals surface area contributed by atoms with Crippen molar-refractivity contribution in [3.8, 4) is 0 Å². The monoisotopic (exact) mass is 329 g/mol. The molecule has 0 atom stereocenters. The molecule has 1 amide bonds. The van der Waals surface area contributed by atoms with Crippen LogP contribution in [0.25, 0.3) is 0 Å². The largest absolute Gasteiger partial charge is 0.416 e. The lowest BCUT2D eigenvalue weighted by Gasteiger charge is -2.23. The molecule has 1 aromatic carbocycles. The minimum absolute atomic E-state index is 0.0395. The zero-order valence-corrected chi connectivity index (χ0v) is 13.2. The average molecular weight is 329 g/mol. The third kappa shape index (κ3) is 4.77. The fourth-order valence-corrected chi connectivity index (χ4v) is 2.59. The Bertz CT molecular complexity index is 540. The van der Waals surface area contributed by atoms with Crippen LogP contribution < -0.4 is 15.5 Å². The molecule has 4 nitrogen and oxygen atoms in total. The molecule has 0 aliphatic carbocycles. The van der Waals surface area contributed by atoms with Crippen molar-refractivity contribution in [1.82, 2.24) is 5.32 Å². The van der Waals surface area contributed by atoms with Gasteiger partial charge in [0.25, 0.3) is 0 Å². The van der Waals surface area contributed by atoms with Gasteiger partial charge in [-0.3, -0.25) is 4.79 Å². The fraction of sp³-hybridized carbons (Fsp3) is 0.562. The van der Waals surface area contributed by atoms with E-state index in [1.807, 2.05) is 11.8 Å². The van der Waals surface area contributed by atoms with Gasteiger partial charge in [0.1, 0.15) is 0 Å². The molecule has 1 fully saturated rings. The van der Waals surface area contributed by atoms with Gasteiger partial charge in [-0.05, 0) is 37.5 Å². The number of alkyl halides is 3. The van der Waals surface area contributed by atoms with E-state index in [4.69, 9.17) is 0 Å². The van der Waals surface area contributed by atoms with Crippen LogP contribution in [0.3, 0.4) is 0 Å². The van der Waals surface area contributed by atoms with E-state index >= 15 is 0 Å². The maximum Gasteiger partial charge on any atom is 0.416 e. The SMILES string of the molecule is CCCNC(=O)CNc1cc(C(F)(F)F)ccc1N1CCCC1. The molecule has 0 radical (unpaired) electrons. The molecule has 0 saturated carbocycles. The third-order valence-electron chi connectivity index (χ3n) is 3.78. The Hall–Kier alpha value is -1.92. The van der Waals surface area contributed by atoms with Crippen LogP contribution in [-0.4, -0.2) is 32.1 Å². The van der Waals surface area contributed by atoms with Crippen molar-refractivity contribution in [1.29, 1.82) is 0 Å². The Morgan fingerprint density at radius 3 is 2.57 bits per heavy atom. The summed E-state index contributed by atoms with van der Waals surface area (Å²) in [6, 6.07) is 3.66. The van der Waals surface area contributed by atoms with Gasteiger partial charge in [-0.2, -0.15) is 13.2 Å². The quantitative estimate of drug-likeness (QED) is 0.842. The number of nitrogens with one attached hydrogen (secondary N) is 2. The number of carbonyl (C=O) groups is 1. The van der Waals surface area contributed by atoms with E-state index in [1.165, 1.54) is 6.07 Å². The average Bonchev–Trinajstić information content (AvgIpc) is 3.03. The fourth-order valence-electron chi connectivity index (χ4n) is 2.59. The van der Waals surface area contributed by atoms with Gasteiger partial charge in [-0.1, -0.05) is 6.92 Å². The Balaban J connectivity index is 2.16. The van der Waals surface area contributed by atoms with Crippen molar-refractivity contribution in [2.24, 2.45) is 0 Å². The highest BCUT2D eigenvalue weighted by Gasteiger charge is 2.31. The number of rotatable bonds is 6. The highest BCUT2D eigenvalue weighted by Crippen LogP contribution is 2.36. The molecule has 7 heteroatoms. The van der Waals surface area contributed by atoms with Crippen molar-refractivity contribution in [3.63, 3.8) is 0 Å². The number of nitrogens with zero attached hydrogens (tertiary/aromatic N) is 1. The lowest BCUT2D eigenvalue weighted by atomic mass is 10.1. The number of amides is 1. The van der Waals surface area contributed by atoms with Crippen LogP contribution in [0.1, 0.15) is 31.7 Å². The van der Waals surface area contributed by atoms with Gasteiger partial charge in [0.2, 0.25) is 5.91 Å². The van der Waals surface area contributed by atoms with Crippen molar-refractivity contribution in [2.45, 2.75) is 32.4 Å². The van der Waals surface area contributed by atoms with Gasteiger partial charge in [-0.15, -0.1) is 0 Å². The lowest BCUT2D eigenvalue weighted by molar-refractivity contribution is -0.137. The van der Waals surface area contributed by atoms with Crippen LogP contribution in [-0.2, 0) is 11.0 Å². The van der Waals surface area contributed by atoms with Crippen LogP contribution in [0, 0.1) is 0 Å².